The van der Waals surface area contributed by atoms with Gasteiger partial charge < -0.3 is 19.4 Å². The van der Waals surface area contributed by atoms with Crippen LogP contribution in [0.15, 0.2) is 65.3 Å². The predicted molar refractivity (Wildman–Crippen MR) is 93.1 cm³/mol. The van der Waals surface area contributed by atoms with E-state index in [-0.39, 0.29) is 24.8 Å². The molecule has 0 aliphatic carbocycles. The van der Waals surface area contributed by atoms with Crippen molar-refractivity contribution in [1.82, 2.24) is 10.3 Å². The zero-order chi connectivity index (χ0) is 18.4. The Kier molecular flexibility index (Phi) is 5.50. The first-order valence-electron chi connectivity index (χ1n) is 8.01. The molecule has 1 atom stereocenters. The van der Waals surface area contributed by atoms with Crippen LogP contribution in [-0.4, -0.2) is 27.2 Å². The number of aliphatic carboxylic acids is 1. The molecule has 0 amide bonds. The molecule has 7 nitrogen and oxygen atoms in total. The Balaban J connectivity index is 1.57. The Labute approximate surface area is 149 Å². The summed E-state index contributed by atoms with van der Waals surface area (Å²) in [6, 6.07) is 14.7. The van der Waals surface area contributed by atoms with Gasteiger partial charge in [-0.05, 0) is 36.2 Å². The Hall–Kier alpha value is -3.32. The van der Waals surface area contributed by atoms with E-state index in [4.69, 9.17) is 9.15 Å². The molecule has 0 aliphatic heterocycles. The minimum absolute atomic E-state index is 0.0957. The summed E-state index contributed by atoms with van der Waals surface area (Å²) in [5, 5.41) is 21.6. The topological polar surface area (TPSA) is 105 Å². The molecule has 3 N–H and O–H groups in total. The van der Waals surface area contributed by atoms with Gasteiger partial charge in [-0.25, -0.2) is 0 Å². The van der Waals surface area contributed by atoms with Gasteiger partial charge in [-0.1, -0.05) is 30.3 Å². The lowest BCUT2D eigenvalue weighted by Gasteiger charge is -2.13. The number of ether oxygens (including phenoxy) is 1. The Morgan fingerprint density at radius 3 is 2.58 bits per heavy atom. The first kappa shape index (κ1) is 17.5. The zero-order valence-corrected chi connectivity index (χ0v) is 13.8. The van der Waals surface area contributed by atoms with Gasteiger partial charge in [-0.15, -0.1) is 0 Å². The molecule has 0 saturated carbocycles. The number of para-hydroxylation sites is 1. The molecule has 134 valence electrons. The number of nitrogens with one attached hydrogen (secondary N) is 1. The van der Waals surface area contributed by atoms with Gasteiger partial charge in [0.2, 0.25) is 0 Å². The van der Waals surface area contributed by atoms with Crippen molar-refractivity contribution in [2.45, 2.75) is 19.0 Å². The second-order valence-electron chi connectivity index (χ2n) is 5.66. The molecule has 0 aliphatic rings. The number of nitrogens with zero attached hydrogens (tertiary/aromatic N) is 1. The number of hydrogen-bond donors (Lipinski definition) is 3. The number of phenolic OH excluding ortho intramolecular Hbond substituents is 1. The smallest absolute Gasteiger partial charge is 0.399 e. The summed E-state index contributed by atoms with van der Waals surface area (Å²) in [6.07, 6.45) is 1.80. The van der Waals surface area contributed by atoms with Gasteiger partial charge in [0, 0.05) is 6.54 Å². The molecule has 1 heterocycles. The summed E-state index contributed by atoms with van der Waals surface area (Å²) < 4.78 is 10.7. The van der Waals surface area contributed by atoms with Crippen LogP contribution >= 0.6 is 0 Å². The van der Waals surface area contributed by atoms with Crippen LogP contribution in [0.5, 0.6) is 17.6 Å². The molecule has 1 aromatic heterocycles. The quantitative estimate of drug-likeness (QED) is 0.571. The van der Waals surface area contributed by atoms with E-state index < -0.39 is 12.0 Å². The third-order valence-electron chi connectivity index (χ3n) is 3.68. The number of rotatable bonds is 8. The van der Waals surface area contributed by atoms with Gasteiger partial charge in [0.05, 0.1) is 5.69 Å². The molecule has 0 spiro atoms. The van der Waals surface area contributed by atoms with E-state index in [1.54, 1.807) is 24.3 Å². The first-order valence-corrected chi connectivity index (χ1v) is 8.01. The van der Waals surface area contributed by atoms with Crippen LogP contribution < -0.4 is 10.1 Å². The summed E-state index contributed by atoms with van der Waals surface area (Å²) in [5.41, 5.74) is 1.34. The SMILES string of the molecule is O=C(O)[C@H](Cc1ccc(O)cc1)NCc1coc(Oc2ccccc2)n1. The summed E-state index contributed by atoms with van der Waals surface area (Å²) in [4.78, 5) is 15.6. The Morgan fingerprint density at radius 1 is 1.15 bits per heavy atom. The van der Waals surface area contributed by atoms with Gasteiger partial charge in [-0.2, -0.15) is 4.98 Å². The van der Waals surface area contributed by atoms with Gasteiger partial charge in [-0.3, -0.25) is 10.1 Å². The van der Waals surface area contributed by atoms with Crippen molar-refractivity contribution in [3.8, 4) is 17.6 Å². The van der Waals surface area contributed by atoms with E-state index in [0.29, 0.717) is 11.4 Å². The van der Waals surface area contributed by atoms with Crippen LogP contribution in [0.4, 0.5) is 0 Å². The zero-order valence-electron chi connectivity index (χ0n) is 13.8. The Bertz CT molecular complexity index is 846. The van der Waals surface area contributed by atoms with Crippen molar-refractivity contribution >= 4 is 5.97 Å². The second kappa shape index (κ2) is 8.17. The summed E-state index contributed by atoms with van der Waals surface area (Å²) in [5.74, 6) is -0.228. The normalized spacial score (nSPS) is 11.8. The van der Waals surface area contributed by atoms with Crippen molar-refractivity contribution in [3.05, 3.63) is 72.1 Å². The van der Waals surface area contributed by atoms with Gasteiger partial charge >= 0.3 is 12.0 Å². The number of phenols is 1. The van der Waals surface area contributed by atoms with E-state index in [1.807, 2.05) is 18.2 Å². The fourth-order valence-electron chi connectivity index (χ4n) is 2.35. The van der Waals surface area contributed by atoms with Crippen molar-refractivity contribution in [3.63, 3.8) is 0 Å². The molecule has 0 bridgehead atoms. The number of aromatic hydroxyl groups is 1. The Morgan fingerprint density at radius 2 is 1.88 bits per heavy atom. The van der Waals surface area contributed by atoms with Crippen LogP contribution in [0.25, 0.3) is 0 Å². The monoisotopic (exact) mass is 354 g/mol. The number of hydrogen-bond acceptors (Lipinski definition) is 6. The molecule has 0 saturated heterocycles. The van der Waals surface area contributed by atoms with E-state index in [0.717, 1.165) is 5.56 Å². The van der Waals surface area contributed by atoms with Crippen LogP contribution in [0.2, 0.25) is 0 Å². The lowest BCUT2D eigenvalue weighted by Crippen LogP contribution is -2.38. The van der Waals surface area contributed by atoms with Gasteiger partial charge in [0.1, 0.15) is 23.8 Å². The molecular formula is C19H18N2O5. The van der Waals surface area contributed by atoms with Gasteiger partial charge in [0.15, 0.2) is 0 Å². The molecular weight excluding hydrogens is 336 g/mol. The second-order valence-corrected chi connectivity index (χ2v) is 5.66. The highest BCUT2D eigenvalue weighted by Crippen LogP contribution is 2.20. The molecule has 7 heteroatoms. The predicted octanol–water partition coefficient (Wildman–Crippen LogP) is 2.96. The summed E-state index contributed by atoms with van der Waals surface area (Å²) in [6.45, 7) is 0.219. The fraction of sp³-hybridized carbons (Fsp3) is 0.158. The van der Waals surface area contributed by atoms with Crippen LogP contribution in [0.3, 0.4) is 0 Å². The maximum absolute atomic E-state index is 11.5. The van der Waals surface area contributed by atoms with Crippen LogP contribution in [0, 0.1) is 0 Å². The lowest BCUT2D eigenvalue weighted by atomic mass is 10.1. The van der Waals surface area contributed by atoms with E-state index in [1.165, 1.54) is 18.4 Å². The number of carboxylic acids is 1. The minimum Gasteiger partial charge on any atom is -0.508 e. The standard InChI is InChI=1S/C19H18N2O5/c22-15-8-6-13(7-9-15)10-17(18(23)24)20-11-14-12-25-19(21-14)26-16-4-2-1-3-5-16/h1-9,12,17,20,22H,10-11H2,(H,23,24)/t17-/m0/s1. The number of oxazole rings is 1. The average molecular weight is 354 g/mol. The maximum atomic E-state index is 11.5. The molecule has 3 aromatic rings. The molecule has 0 radical (unpaired) electrons. The van der Waals surface area contributed by atoms with Crippen LogP contribution in [0.1, 0.15) is 11.3 Å². The number of benzene rings is 2. The largest absolute Gasteiger partial charge is 0.508 e. The molecule has 26 heavy (non-hydrogen) atoms. The number of carbonyl (C=O) groups is 1. The number of aromatic nitrogens is 1. The molecule has 3 rings (SSSR count). The molecule has 2 aromatic carbocycles. The highest BCUT2D eigenvalue weighted by atomic mass is 16.6. The van der Waals surface area contributed by atoms with E-state index in [2.05, 4.69) is 10.3 Å². The van der Waals surface area contributed by atoms with E-state index >= 15 is 0 Å². The average Bonchev–Trinajstić information content (AvgIpc) is 3.08. The van der Waals surface area contributed by atoms with Gasteiger partial charge in [0.25, 0.3) is 0 Å². The third kappa shape index (κ3) is 4.84. The van der Waals surface area contributed by atoms with Crippen molar-refractivity contribution in [2.75, 3.05) is 0 Å². The summed E-state index contributed by atoms with van der Waals surface area (Å²) in [7, 11) is 0. The van der Waals surface area contributed by atoms with Crippen molar-refractivity contribution < 1.29 is 24.2 Å². The summed E-state index contributed by atoms with van der Waals surface area (Å²) >= 11 is 0. The first-order chi connectivity index (χ1) is 12.6. The minimum atomic E-state index is -0.970. The highest BCUT2D eigenvalue weighted by molar-refractivity contribution is 5.73. The molecule has 0 fully saturated rings. The van der Waals surface area contributed by atoms with E-state index in [9.17, 15) is 15.0 Å². The van der Waals surface area contributed by atoms with Crippen molar-refractivity contribution in [2.24, 2.45) is 0 Å². The maximum Gasteiger partial charge on any atom is 0.399 e. The van der Waals surface area contributed by atoms with Crippen LogP contribution in [-0.2, 0) is 17.8 Å². The molecule has 0 unspecified atom stereocenters. The number of carboxylic acid groups (broad SMARTS) is 1. The fourth-order valence-corrected chi connectivity index (χ4v) is 2.35. The highest BCUT2D eigenvalue weighted by Gasteiger charge is 2.18. The lowest BCUT2D eigenvalue weighted by molar-refractivity contribution is -0.139. The van der Waals surface area contributed by atoms with Crippen molar-refractivity contribution in [1.29, 1.82) is 0 Å². The third-order valence-corrected chi connectivity index (χ3v) is 3.68.